The van der Waals surface area contributed by atoms with Crippen molar-refractivity contribution in [3.63, 3.8) is 0 Å². The van der Waals surface area contributed by atoms with Gasteiger partial charge in [-0.15, -0.1) is 11.3 Å². The number of halogens is 1. The van der Waals surface area contributed by atoms with E-state index in [9.17, 15) is 14.3 Å². The Labute approximate surface area is 146 Å². The van der Waals surface area contributed by atoms with Gasteiger partial charge in [-0.2, -0.15) is 0 Å². The summed E-state index contributed by atoms with van der Waals surface area (Å²) in [5.41, 5.74) is 1.63. The fraction of sp³-hybridized carbons (Fsp3) is 0.188. The predicted molar refractivity (Wildman–Crippen MR) is 94.1 cm³/mol. The average Bonchev–Trinajstić information content (AvgIpc) is 3.05. The number of allylic oxidation sites excluding steroid dienone is 1. The molecule has 2 N–H and O–H groups in total. The predicted octanol–water partition coefficient (Wildman–Crippen LogP) is 4.25. The van der Waals surface area contributed by atoms with Crippen LogP contribution in [-0.2, 0) is 11.3 Å². The van der Waals surface area contributed by atoms with E-state index in [0.717, 1.165) is 0 Å². The van der Waals surface area contributed by atoms with E-state index in [4.69, 9.17) is 17.3 Å². The van der Waals surface area contributed by atoms with E-state index in [2.05, 4.69) is 4.99 Å². The Morgan fingerprint density at radius 3 is 3.00 bits per heavy atom. The number of benzene rings is 1. The molecule has 0 unspecified atom stereocenters. The molecule has 0 radical (unpaired) electrons. The van der Waals surface area contributed by atoms with Crippen LogP contribution in [0.3, 0.4) is 0 Å². The van der Waals surface area contributed by atoms with Gasteiger partial charge in [-0.05, 0) is 30.8 Å². The quantitative estimate of drug-likeness (QED) is 0.778. The molecule has 1 aliphatic heterocycles. The van der Waals surface area contributed by atoms with Gasteiger partial charge < -0.3 is 10.2 Å². The average molecular weight is 364 g/mol. The van der Waals surface area contributed by atoms with E-state index in [1.807, 2.05) is 0 Å². The van der Waals surface area contributed by atoms with Crippen molar-refractivity contribution in [2.75, 3.05) is 0 Å². The molecule has 3 rings (SSSR count). The molecule has 0 amide bonds. The van der Waals surface area contributed by atoms with Crippen molar-refractivity contribution in [2.45, 2.75) is 19.4 Å². The molecular weight excluding hydrogens is 351 g/mol. The van der Waals surface area contributed by atoms with Crippen LogP contribution < -0.4 is 0 Å². The highest BCUT2D eigenvalue weighted by Crippen LogP contribution is 2.37. The van der Waals surface area contributed by atoms with Crippen molar-refractivity contribution in [1.29, 1.82) is 0 Å². The number of aromatic hydroxyl groups is 1. The summed E-state index contributed by atoms with van der Waals surface area (Å²) in [6.07, 6.45) is 3.63. The third-order valence-electron chi connectivity index (χ3n) is 3.58. The Bertz CT molecular complexity index is 928. The van der Waals surface area contributed by atoms with Gasteiger partial charge in [0.15, 0.2) is 3.95 Å². The molecule has 0 fully saturated rings. The number of para-hydroxylation sites is 1. The number of nitrogens with zero attached hydrogens (tertiary/aromatic N) is 2. The van der Waals surface area contributed by atoms with E-state index in [0.29, 0.717) is 32.9 Å². The maximum atomic E-state index is 13.7. The molecule has 2 heterocycles. The van der Waals surface area contributed by atoms with Gasteiger partial charge in [0.05, 0.1) is 4.88 Å². The van der Waals surface area contributed by atoms with Crippen molar-refractivity contribution < 1.29 is 19.4 Å². The highest BCUT2D eigenvalue weighted by molar-refractivity contribution is 7.73. The summed E-state index contributed by atoms with van der Waals surface area (Å²) in [6.45, 7) is 0.329. The number of aliphatic carboxylic acids is 1. The molecule has 8 heteroatoms. The van der Waals surface area contributed by atoms with E-state index in [-0.39, 0.29) is 18.0 Å². The first-order valence-electron chi connectivity index (χ1n) is 7.16. The number of carboxylic acids is 1. The fourth-order valence-corrected chi connectivity index (χ4v) is 3.74. The van der Waals surface area contributed by atoms with Crippen molar-refractivity contribution in [3.05, 3.63) is 38.4 Å². The lowest BCUT2D eigenvalue weighted by Gasteiger charge is -2.03. The van der Waals surface area contributed by atoms with Crippen molar-refractivity contribution in [1.82, 2.24) is 4.57 Å². The van der Waals surface area contributed by atoms with Crippen LogP contribution in [0.1, 0.15) is 23.3 Å². The van der Waals surface area contributed by atoms with Crippen LogP contribution in [0.2, 0.25) is 0 Å². The Balaban J connectivity index is 1.90. The second kappa shape index (κ2) is 6.66. The van der Waals surface area contributed by atoms with Crippen LogP contribution in [0.15, 0.2) is 23.2 Å². The lowest BCUT2D eigenvalue weighted by atomic mass is 10.1. The first kappa shape index (κ1) is 16.5. The molecule has 0 atom stereocenters. The second-order valence-corrected chi connectivity index (χ2v) is 6.87. The zero-order valence-corrected chi connectivity index (χ0v) is 14.0. The van der Waals surface area contributed by atoms with Gasteiger partial charge in [0, 0.05) is 30.3 Å². The van der Waals surface area contributed by atoms with E-state index < -0.39 is 11.8 Å². The zero-order valence-electron chi connectivity index (χ0n) is 12.4. The third kappa shape index (κ3) is 3.15. The molecule has 0 spiro atoms. The van der Waals surface area contributed by atoms with E-state index in [1.165, 1.54) is 22.0 Å². The molecular formula is C16H13FN2O3S2. The first-order valence-corrected chi connectivity index (χ1v) is 8.39. The van der Waals surface area contributed by atoms with Gasteiger partial charge in [0.25, 0.3) is 0 Å². The maximum Gasteiger partial charge on any atom is 0.303 e. The highest BCUT2D eigenvalue weighted by atomic mass is 32.1. The molecule has 5 nitrogen and oxygen atoms in total. The van der Waals surface area contributed by atoms with Crippen molar-refractivity contribution in [3.8, 4) is 5.88 Å². The van der Waals surface area contributed by atoms with E-state index >= 15 is 0 Å². The summed E-state index contributed by atoms with van der Waals surface area (Å²) in [4.78, 5) is 15.2. The third-order valence-corrected chi connectivity index (χ3v) is 4.97. The lowest BCUT2D eigenvalue weighted by Crippen LogP contribution is -2.01. The second-order valence-electron chi connectivity index (χ2n) is 5.20. The number of hydrogen-bond acceptors (Lipinski definition) is 5. The number of carboxylic acid groups (broad SMARTS) is 1. The number of aliphatic imine (C=N–C) groups is 1. The van der Waals surface area contributed by atoms with Crippen LogP contribution in [0.5, 0.6) is 5.88 Å². The van der Waals surface area contributed by atoms with Gasteiger partial charge in [-0.1, -0.05) is 12.1 Å². The van der Waals surface area contributed by atoms with Gasteiger partial charge in [-0.25, -0.2) is 4.39 Å². The molecule has 0 saturated carbocycles. The van der Waals surface area contributed by atoms with Crippen LogP contribution in [0, 0.1) is 9.77 Å². The first-order chi connectivity index (χ1) is 11.5. The Morgan fingerprint density at radius 2 is 2.25 bits per heavy atom. The smallest absolute Gasteiger partial charge is 0.303 e. The molecule has 0 bridgehead atoms. The Hall–Kier alpha value is -2.32. The normalized spacial score (nSPS) is 14.3. The molecule has 1 aromatic carbocycles. The standard InChI is InChI=1S/C16H13FN2O3S2/c17-11-4-1-3-10-9(8-18-14(10)11)7-12-15(22)19(16(23)24-12)6-2-5-13(20)21/h1,3-4,7-8,22H,2,5-6H2,(H,20,21)/b9-7+. The largest absolute Gasteiger partial charge is 0.493 e. The zero-order chi connectivity index (χ0) is 17.3. The Kier molecular flexibility index (Phi) is 4.59. The summed E-state index contributed by atoms with van der Waals surface area (Å²) >= 11 is 6.44. The number of fused-ring (bicyclic) bond motifs is 1. The van der Waals surface area contributed by atoms with Gasteiger partial charge in [-0.3, -0.25) is 14.4 Å². The molecule has 0 aliphatic carbocycles. The summed E-state index contributed by atoms with van der Waals surface area (Å²) in [6, 6.07) is 4.71. The SMILES string of the molecule is O=C(O)CCCn1c(O)c(/C=C2\C=Nc3c(F)cccc32)sc1=S. The topological polar surface area (TPSA) is 74.8 Å². The number of carbonyl (C=O) groups is 1. The molecule has 1 aromatic heterocycles. The van der Waals surface area contributed by atoms with Crippen molar-refractivity contribution >= 4 is 53.1 Å². The number of rotatable bonds is 5. The molecule has 0 saturated heterocycles. The number of hydrogen-bond donors (Lipinski definition) is 2. The van der Waals surface area contributed by atoms with Crippen LogP contribution in [-0.4, -0.2) is 27.0 Å². The summed E-state index contributed by atoms with van der Waals surface area (Å²) < 4.78 is 15.7. The highest BCUT2D eigenvalue weighted by Gasteiger charge is 2.18. The fourth-order valence-electron chi connectivity index (χ4n) is 2.43. The molecule has 24 heavy (non-hydrogen) atoms. The minimum Gasteiger partial charge on any atom is -0.493 e. The monoisotopic (exact) mass is 364 g/mol. The summed E-state index contributed by atoms with van der Waals surface area (Å²) in [5.74, 6) is -1.30. The Morgan fingerprint density at radius 1 is 1.46 bits per heavy atom. The molecule has 124 valence electrons. The minimum atomic E-state index is -0.889. The number of thiazole rings is 1. The summed E-state index contributed by atoms with van der Waals surface area (Å²) in [7, 11) is 0. The van der Waals surface area contributed by atoms with Crippen molar-refractivity contribution in [2.24, 2.45) is 4.99 Å². The van der Waals surface area contributed by atoms with Gasteiger partial charge in [0.2, 0.25) is 5.88 Å². The molecule has 2 aromatic rings. The van der Waals surface area contributed by atoms with Crippen LogP contribution in [0.4, 0.5) is 10.1 Å². The number of aromatic nitrogens is 1. The maximum absolute atomic E-state index is 13.7. The minimum absolute atomic E-state index is 0.00674. The van der Waals surface area contributed by atoms with Gasteiger partial charge in [0.1, 0.15) is 11.5 Å². The lowest BCUT2D eigenvalue weighted by molar-refractivity contribution is -0.137. The van der Waals surface area contributed by atoms with Crippen LogP contribution >= 0.6 is 23.6 Å². The molecule has 1 aliphatic rings. The van der Waals surface area contributed by atoms with E-state index in [1.54, 1.807) is 24.4 Å². The summed E-state index contributed by atoms with van der Waals surface area (Å²) in [5, 5.41) is 19.0. The van der Waals surface area contributed by atoms with Gasteiger partial charge >= 0.3 is 5.97 Å². The van der Waals surface area contributed by atoms with Crippen LogP contribution in [0.25, 0.3) is 11.6 Å².